The van der Waals surface area contributed by atoms with Gasteiger partial charge in [0.2, 0.25) is 82.7 Å². The average molecular weight is 1860 g/mol. The number of ketones is 1. The van der Waals surface area contributed by atoms with Gasteiger partial charge in [0, 0.05) is 43.1 Å². The van der Waals surface area contributed by atoms with E-state index in [0.717, 1.165) is 92.7 Å². The summed E-state index contributed by atoms with van der Waals surface area (Å²) in [5.74, 6) is -30.5. The highest BCUT2D eigenvalue weighted by molar-refractivity contribution is 6.05. The second kappa shape index (κ2) is 50.1. The number of benzene rings is 4. The molecule has 0 aromatic heterocycles. The third-order valence-corrected chi connectivity index (χ3v) is 23.1. The van der Waals surface area contributed by atoms with Crippen LogP contribution in [0.5, 0.6) is 0 Å². The number of carbonyl (C=O) groups excluding carboxylic acids is 17. The number of fused-ring (bicyclic) bond motifs is 6. The van der Waals surface area contributed by atoms with Gasteiger partial charge in [-0.3, -0.25) is 91.1 Å². The number of aliphatic carboxylic acids is 4. The largest absolute Gasteiger partial charge is 0.481 e. The number of Topliss-reactive ketones (excluding diaryl/α,β-unsaturated/α-hetero) is 1. The number of aliphatic hydroxyl groups excluding tert-OH is 1. The molecule has 2 heterocycles. The van der Waals surface area contributed by atoms with Crippen molar-refractivity contribution >= 4 is 130 Å². The van der Waals surface area contributed by atoms with Gasteiger partial charge in [0.15, 0.2) is 5.78 Å². The predicted molar refractivity (Wildman–Crippen MR) is 467 cm³/mol. The van der Waals surface area contributed by atoms with E-state index in [4.69, 9.17) is 20.9 Å². The van der Waals surface area contributed by atoms with Gasteiger partial charge in [-0.05, 0) is 109 Å². The second-order valence-electron chi connectivity index (χ2n) is 33.1. The first kappa shape index (κ1) is 104. The molecule has 2 fully saturated rings. The number of hydrogen-bond acceptors (Lipinski definition) is 25. The molecule has 12 unspecified atom stereocenters. The van der Waals surface area contributed by atoms with Crippen LogP contribution >= 0.6 is 0 Å². The number of nitrogens with two attached hydrogens (primary N) is 2. The maximum atomic E-state index is 15.1. The van der Waals surface area contributed by atoms with Crippen molar-refractivity contribution in [1.29, 1.82) is 0 Å². The number of nitrogens with one attached hydrogen (secondary N) is 13. The number of amides is 15. The Morgan fingerprint density at radius 2 is 1.11 bits per heavy atom. The van der Waals surface area contributed by atoms with E-state index < -0.39 is 268 Å². The molecule has 0 radical (unpaired) electrons. The Kier molecular flexibility index (Phi) is 39.1. The fraction of sp³-hybridized carbons (Fsp3) is 0.494. The summed E-state index contributed by atoms with van der Waals surface area (Å²) in [6.07, 6.45) is -4.29. The molecular formula is C89H114N16O28. The van der Waals surface area contributed by atoms with Gasteiger partial charge in [0.05, 0.1) is 51.8 Å². The van der Waals surface area contributed by atoms with Crippen LogP contribution in [0.3, 0.4) is 0 Å². The summed E-state index contributed by atoms with van der Waals surface area (Å²) >= 11 is 0. The monoisotopic (exact) mass is 1850 g/mol. The van der Waals surface area contributed by atoms with Gasteiger partial charge in [-0.25, -0.2) is 9.59 Å². The summed E-state index contributed by atoms with van der Waals surface area (Å²) < 4.78 is 11.4. The van der Waals surface area contributed by atoms with E-state index in [1.54, 1.807) is 0 Å². The number of esters is 1. The van der Waals surface area contributed by atoms with Crippen LogP contribution in [0, 0.1) is 11.8 Å². The summed E-state index contributed by atoms with van der Waals surface area (Å²) in [7, 11) is 0. The number of cyclic esters (lactones) is 1. The second-order valence-corrected chi connectivity index (χ2v) is 33.1. The first-order chi connectivity index (χ1) is 63.2. The van der Waals surface area contributed by atoms with Crippen molar-refractivity contribution in [1.82, 2.24) is 74.0 Å². The van der Waals surface area contributed by atoms with Crippen LogP contribution in [-0.2, 0) is 107 Å². The first-order valence-electron chi connectivity index (χ1n) is 43.6. The predicted octanol–water partition coefficient (Wildman–Crippen LogP) is -1.69. The van der Waals surface area contributed by atoms with Crippen molar-refractivity contribution in [2.24, 2.45) is 17.6 Å². The van der Waals surface area contributed by atoms with Gasteiger partial charge in [-0.1, -0.05) is 137 Å². The number of aliphatic hydroxyl groups is 1. The number of hydrogen-bond donors (Lipinski definition) is 20. The normalized spacial score (nSPS) is 22.5. The minimum Gasteiger partial charge on any atom is -0.481 e. The maximum absolute atomic E-state index is 15.1. The molecular weight excluding hydrogens is 1740 g/mol. The van der Waals surface area contributed by atoms with Gasteiger partial charge in [-0.15, -0.1) is 0 Å². The molecule has 22 N–H and O–H groups in total. The number of rotatable bonds is 35. The zero-order chi connectivity index (χ0) is 97.4. The lowest BCUT2D eigenvalue weighted by Gasteiger charge is -2.41. The van der Waals surface area contributed by atoms with E-state index in [1.165, 1.54) is 29.2 Å². The minimum absolute atomic E-state index is 0.0498. The standard InChI is InChI=1S/C89H114N16O28/c1-5-6-7-8-9-10-11-30-71(111)105-42-49-33-48-21-12-13-22-50(48)56(49)34-66(105)85(127)101-60(36-68(91)108)82(124)100-63(39-75(118)119)83(125)104-77-47(4)133-88(130)64(35-67(107)55-27-18-19-28-58(55)90)102-87(129)76(45(2)32-72(112)113)103-84(126)65(43-106)97-70(110)40-93-79(121)61(37-73(114)115)98-78(120)46(3)95-81(123)62(38-74(116)117)99-80(122)59(96-69(109)41-94-86(77)128)29-20-31-92-89(131)132-44-57-53-25-16-14-23-51(53)52-24-15-17-26-54(52)57/h12-19,21-28,45-47,49,56-57,59-66,76-77,106H,5-11,20,29-44,90H2,1-4H3,(H2,91,108)(H,92,131)(H,93,121)(H,94,128)(H,95,123)(H,96,109)(H,97,110)(H,98,120)(H,99,122)(H,100,124)(H,101,127)(H,102,129)(H,103,126)(H,104,125)(H,112,113)(H,114,115)(H,116,117)(H,118,119)/t45?,46?,47?,49?,56?,59?,60-,61?,62?,63-,64?,65?,66-,76?,77?/m0/s1. The number of para-hydroxylation sites is 1. The third-order valence-electron chi connectivity index (χ3n) is 23.1. The van der Waals surface area contributed by atoms with Crippen LogP contribution in [0.15, 0.2) is 97.1 Å². The molecule has 0 saturated carbocycles. The molecule has 4 aromatic carbocycles. The Labute approximate surface area is 762 Å². The Hall–Kier alpha value is -14.5. The number of alkyl carbamates (subject to hydrolysis) is 1. The lowest BCUT2D eigenvalue weighted by atomic mass is 9.81. The van der Waals surface area contributed by atoms with Crippen molar-refractivity contribution in [3.63, 3.8) is 0 Å². The van der Waals surface area contributed by atoms with Crippen molar-refractivity contribution in [2.75, 3.05) is 45.1 Å². The van der Waals surface area contributed by atoms with E-state index in [1.807, 2.05) is 88.7 Å². The maximum Gasteiger partial charge on any atom is 0.407 e. The zero-order valence-electron chi connectivity index (χ0n) is 73.7. The zero-order valence-corrected chi connectivity index (χ0v) is 73.7. The highest BCUT2D eigenvalue weighted by Gasteiger charge is 2.47. The molecule has 15 amide bonds. The lowest BCUT2D eigenvalue weighted by molar-refractivity contribution is -0.156. The lowest BCUT2D eigenvalue weighted by Crippen LogP contribution is -2.62. The minimum atomic E-state index is -2.49. The van der Waals surface area contributed by atoms with Crippen LogP contribution in [0.2, 0.25) is 0 Å². The summed E-state index contributed by atoms with van der Waals surface area (Å²) in [6, 6.07) is 4.72. The first-order valence-corrected chi connectivity index (χ1v) is 43.6. The summed E-state index contributed by atoms with van der Waals surface area (Å²) in [5.41, 5.74) is 16.8. The Bertz CT molecular complexity index is 4960. The van der Waals surface area contributed by atoms with E-state index in [9.17, 15) is 112 Å². The van der Waals surface area contributed by atoms with Crippen LogP contribution in [-0.4, -0.2) is 267 Å². The highest BCUT2D eigenvalue weighted by Crippen LogP contribution is 2.46. The van der Waals surface area contributed by atoms with Crippen LogP contribution < -0.4 is 80.6 Å². The van der Waals surface area contributed by atoms with E-state index in [0.29, 0.717) is 12.8 Å². The topological polar surface area (TPSA) is 690 Å². The number of likely N-dealkylation sites (tertiary alicyclic amines) is 1. The number of nitrogens with zero attached hydrogens (tertiary/aromatic N) is 1. The number of unbranched alkanes of at least 4 members (excludes halogenated alkanes) is 6. The molecule has 0 bridgehead atoms. The van der Waals surface area contributed by atoms with Gasteiger partial charge in [-0.2, -0.15) is 0 Å². The molecule has 2 aliphatic carbocycles. The number of anilines is 1. The highest BCUT2D eigenvalue weighted by atomic mass is 16.6. The molecule has 4 aromatic rings. The molecule has 0 spiro atoms. The van der Waals surface area contributed by atoms with E-state index in [2.05, 4.69) is 60.1 Å². The van der Waals surface area contributed by atoms with E-state index >= 15 is 14.4 Å². The quantitative estimate of drug-likeness (QED) is 0.0106. The number of ether oxygens (including phenoxy) is 2. The molecule has 4 aliphatic rings. The van der Waals surface area contributed by atoms with Gasteiger partial charge in [0.1, 0.15) is 79.2 Å². The number of carboxylic acid groups (broad SMARTS) is 4. The summed E-state index contributed by atoms with van der Waals surface area (Å²) in [5, 5.41) is 79.2. The summed E-state index contributed by atoms with van der Waals surface area (Å²) in [4.78, 5) is 294. The molecule has 44 nitrogen and oxygen atoms in total. The third kappa shape index (κ3) is 30.6. The number of piperidine rings is 1. The Morgan fingerprint density at radius 1 is 0.556 bits per heavy atom. The molecule has 2 aliphatic heterocycles. The number of nitrogen functional groups attached to an aromatic ring is 1. The van der Waals surface area contributed by atoms with Crippen LogP contribution in [0.4, 0.5) is 10.5 Å². The average Bonchev–Trinajstić information content (AvgIpc) is 1.62. The van der Waals surface area contributed by atoms with Gasteiger partial charge < -0.3 is 120 Å². The fourth-order valence-electron chi connectivity index (χ4n) is 16.2. The van der Waals surface area contributed by atoms with Crippen LogP contribution in [0.1, 0.15) is 181 Å². The molecule has 15 atom stereocenters. The summed E-state index contributed by atoms with van der Waals surface area (Å²) in [6.45, 7) is 0.835. The Morgan fingerprint density at radius 3 is 1.72 bits per heavy atom. The number of primary amides is 1. The molecule has 8 rings (SSSR count). The molecule has 44 heteroatoms. The van der Waals surface area contributed by atoms with Crippen molar-refractivity contribution in [3.8, 4) is 11.1 Å². The SMILES string of the molecule is CCCCCCCCCC(=O)N1CC2Cc3ccccc3C2C[C@H]1C(=O)N[C@@H](CC(N)=O)C(=O)N[C@@H](CC(=O)O)C(=O)NC1C(=O)NCC(=O)NC(CCCNC(=O)OCC2c3ccccc3-c3ccccc32)C(=O)NC(CC(=O)O)C(=O)NC(C)C(=O)NC(CC(=O)O)C(=O)NCC(=O)NC(CO)C(=O)NC(C(C)CC(=O)O)C(=O)NC(CC(=O)c2ccccc2N)C(=O)OC1C. The van der Waals surface area contributed by atoms with Gasteiger partial charge >= 0.3 is 35.9 Å². The Balaban J connectivity index is 1.14. The van der Waals surface area contributed by atoms with Crippen molar-refractivity contribution < 1.29 is 136 Å². The molecule has 133 heavy (non-hydrogen) atoms. The smallest absolute Gasteiger partial charge is 0.407 e. The number of carbonyl (C=O) groups is 21. The van der Waals surface area contributed by atoms with Crippen molar-refractivity contribution in [3.05, 3.63) is 125 Å². The fourth-order valence-corrected chi connectivity index (χ4v) is 16.2. The van der Waals surface area contributed by atoms with Crippen molar-refractivity contribution in [2.45, 2.75) is 228 Å². The molecule has 718 valence electrons. The van der Waals surface area contributed by atoms with Crippen LogP contribution in [0.25, 0.3) is 11.1 Å². The number of carboxylic acids is 4. The van der Waals surface area contributed by atoms with E-state index in [-0.39, 0.29) is 68.0 Å². The molecule has 2 saturated heterocycles. The van der Waals surface area contributed by atoms with Gasteiger partial charge in [0.25, 0.3) is 0 Å².